The van der Waals surface area contributed by atoms with Crippen molar-refractivity contribution in [2.24, 2.45) is 0 Å². The molecule has 0 aromatic heterocycles. The fourth-order valence-corrected chi connectivity index (χ4v) is 2.71. The van der Waals surface area contributed by atoms with Crippen LogP contribution in [0.1, 0.15) is 10.4 Å². The van der Waals surface area contributed by atoms with E-state index in [9.17, 15) is 9.59 Å². The fraction of sp³-hybridized carbons (Fsp3) is 0.0909. The van der Waals surface area contributed by atoms with Crippen LogP contribution < -0.4 is 20.1 Å². The van der Waals surface area contributed by atoms with Gasteiger partial charge in [-0.3, -0.25) is 9.59 Å². The molecule has 29 heavy (non-hydrogen) atoms. The van der Waals surface area contributed by atoms with Gasteiger partial charge in [-0.25, -0.2) is 0 Å². The quantitative estimate of drug-likeness (QED) is 0.600. The van der Waals surface area contributed by atoms with E-state index in [2.05, 4.69) is 10.6 Å². The molecule has 3 aromatic carbocycles. The van der Waals surface area contributed by atoms with E-state index in [0.29, 0.717) is 33.5 Å². The molecule has 2 N–H and O–H groups in total. The van der Waals surface area contributed by atoms with Gasteiger partial charge >= 0.3 is 0 Å². The van der Waals surface area contributed by atoms with E-state index < -0.39 is 5.91 Å². The number of hydrogen-bond donors (Lipinski definition) is 2. The van der Waals surface area contributed by atoms with E-state index in [1.807, 2.05) is 30.3 Å². The molecule has 6 nitrogen and oxygen atoms in total. The average molecular weight is 411 g/mol. The number of hydrogen-bond acceptors (Lipinski definition) is 4. The van der Waals surface area contributed by atoms with E-state index in [-0.39, 0.29) is 12.5 Å². The summed E-state index contributed by atoms with van der Waals surface area (Å²) in [5.74, 6) is 1.02. The Kier molecular flexibility index (Phi) is 6.71. The van der Waals surface area contributed by atoms with Crippen LogP contribution in [0.25, 0.3) is 0 Å². The number of para-hydroxylation sites is 1. The molecule has 0 atom stereocenters. The SMILES string of the molecule is COc1ccc(Cl)cc1NC(=O)CNC(=O)c1ccc(Oc2ccccc2)cc1. The largest absolute Gasteiger partial charge is 0.495 e. The number of benzene rings is 3. The summed E-state index contributed by atoms with van der Waals surface area (Å²) >= 11 is 5.94. The van der Waals surface area contributed by atoms with E-state index in [1.54, 1.807) is 42.5 Å². The number of ether oxygens (including phenoxy) is 2. The first-order chi connectivity index (χ1) is 14.0. The first-order valence-electron chi connectivity index (χ1n) is 8.80. The maximum absolute atomic E-state index is 12.3. The Morgan fingerprint density at radius 1 is 0.931 bits per heavy atom. The number of anilines is 1. The minimum Gasteiger partial charge on any atom is -0.495 e. The summed E-state index contributed by atoms with van der Waals surface area (Å²) in [4.78, 5) is 24.4. The molecule has 3 rings (SSSR count). The smallest absolute Gasteiger partial charge is 0.251 e. The second kappa shape index (κ2) is 9.61. The number of halogens is 1. The molecule has 0 saturated heterocycles. The van der Waals surface area contributed by atoms with Crippen molar-refractivity contribution in [1.82, 2.24) is 5.32 Å². The third kappa shape index (κ3) is 5.73. The molecule has 0 aliphatic heterocycles. The Labute approximate surface area is 173 Å². The van der Waals surface area contributed by atoms with Crippen molar-refractivity contribution < 1.29 is 19.1 Å². The predicted octanol–water partition coefficient (Wildman–Crippen LogP) is 4.51. The minimum absolute atomic E-state index is 0.198. The third-order valence-electron chi connectivity index (χ3n) is 3.94. The lowest BCUT2D eigenvalue weighted by molar-refractivity contribution is -0.115. The van der Waals surface area contributed by atoms with E-state index in [0.717, 1.165) is 0 Å². The van der Waals surface area contributed by atoms with Crippen LogP contribution in [0.4, 0.5) is 5.69 Å². The van der Waals surface area contributed by atoms with Crippen LogP contribution in [0.5, 0.6) is 17.2 Å². The van der Waals surface area contributed by atoms with Gasteiger partial charge in [0.2, 0.25) is 5.91 Å². The maximum atomic E-state index is 12.3. The lowest BCUT2D eigenvalue weighted by Gasteiger charge is -2.11. The monoisotopic (exact) mass is 410 g/mol. The van der Waals surface area contributed by atoms with Crippen molar-refractivity contribution in [3.05, 3.63) is 83.4 Å². The van der Waals surface area contributed by atoms with Crippen molar-refractivity contribution in [1.29, 1.82) is 0 Å². The Morgan fingerprint density at radius 3 is 2.31 bits per heavy atom. The molecule has 3 aromatic rings. The number of carbonyl (C=O) groups is 2. The number of nitrogens with one attached hydrogen (secondary N) is 2. The van der Waals surface area contributed by atoms with Crippen LogP contribution in [0.3, 0.4) is 0 Å². The van der Waals surface area contributed by atoms with Gasteiger partial charge in [0.1, 0.15) is 17.2 Å². The minimum atomic E-state index is -0.400. The third-order valence-corrected chi connectivity index (χ3v) is 4.18. The lowest BCUT2D eigenvalue weighted by atomic mass is 10.2. The zero-order valence-electron chi connectivity index (χ0n) is 15.6. The summed E-state index contributed by atoms with van der Waals surface area (Å²) in [5.41, 5.74) is 0.847. The van der Waals surface area contributed by atoms with Gasteiger partial charge in [-0.1, -0.05) is 29.8 Å². The van der Waals surface area contributed by atoms with Crippen LogP contribution in [0.15, 0.2) is 72.8 Å². The Bertz CT molecular complexity index is 991. The Balaban J connectivity index is 1.54. The topological polar surface area (TPSA) is 76.7 Å². The molecule has 0 aliphatic rings. The summed E-state index contributed by atoms with van der Waals surface area (Å²) in [5, 5.41) is 5.70. The molecular weight excluding hydrogens is 392 g/mol. The standard InChI is InChI=1S/C22H19ClN2O4/c1-28-20-12-9-16(23)13-19(20)25-21(26)14-24-22(27)15-7-10-18(11-8-15)29-17-5-3-2-4-6-17/h2-13H,14H2,1H3,(H,24,27)(H,25,26). The summed E-state index contributed by atoms with van der Waals surface area (Å²) in [7, 11) is 1.49. The number of carbonyl (C=O) groups excluding carboxylic acids is 2. The van der Waals surface area contributed by atoms with Gasteiger partial charge in [-0.15, -0.1) is 0 Å². The van der Waals surface area contributed by atoms with Crippen LogP contribution in [0, 0.1) is 0 Å². The van der Waals surface area contributed by atoms with Gasteiger partial charge in [-0.2, -0.15) is 0 Å². The van der Waals surface area contributed by atoms with Crippen molar-refractivity contribution in [3.8, 4) is 17.2 Å². The highest BCUT2D eigenvalue weighted by Crippen LogP contribution is 2.27. The number of rotatable bonds is 7. The fourth-order valence-electron chi connectivity index (χ4n) is 2.53. The highest BCUT2D eigenvalue weighted by atomic mass is 35.5. The lowest BCUT2D eigenvalue weighted by Crippen LogP contribution is -2.32. The zero-order valence-corrected chi connectivity index (χ0v) is 16.4. The van der Waals surface area contributed by atoms with Crippen LogP contribution in [-0.4, -0.2) is 25.5 Å². The van der Waals surface area contributed by atoms with Crippen molar-refractivity contribution in [2.45, 2.75) is 0 Å². The molecule has 0 heterocycles. The molecule has 0 radical (unpaired) electrons. The first kappa shape index (κ1) is 20.2. The predicted molar refractivity (Wildman–Crippen MR) is 112 cm³/mol. The molecule has 0 bridgehead atoms. The summed E-state index contributed by atoms with van der Waals surface area (Å²) in [6.45, 7) is -0.198. The van der Waals surface area contributed by atoms with Crippen molar-refractivity contribution >= 4 is 29.1 Å². The molecule has 0 spiro atoms. The molecule has 0 fully saturated rings. The summed E-state index contributed by atoms with van der Waals surface area (Å²) in [6, 6.07) is 20.9. The van der Waals surface area contributed by atoms with Crippen LogP contribution in [-0.2, 0) is 4.79 Å². The summed E-state index contributed by atoms with van der Waals surface area (Å²) in [6.07, 6.45) is 0. The van der Waals surface area contributed by atoms with Crippen LogP contribution >= 0.6 is 11.6 Å². The highest BCUT2D eigenvalue weighted by Gasteiger charge is 2.11. The van der Waals surface area contributed by atoms with E-state index in [1.165, 1.54) is 7.11 Å². The molecule has 0 unspecified atom stereocenters. The first-order valence-corrected chi connectivity index (χ1v) is 9.17. The molecular formula is C22H19ClN2O4. The highest BCUT2D eigenvalue weighted by molar-refractivity contribution is 6.31. The maximum Gasteiger partial charge on any atom is 0.251 e. The second-order valence-corrected chi connectivity index (χ2v) is 6.45. The van der Waals surface area contributed by atoms with Gasteiger partial charge < -0.3 is 20.1 Å². The van der Waals surface area contributed by atoms with Gasteiger partial charge in [0.05, 0.1) is 19.3 Å². The molecule has 7 heteroatoms. The average Bonchev–Trinajstić information content (AvgIpc) is 2.73. The molecule has 0 saturated carbocycles. The normalized spacial score (nSPS) is 10.1. The van der Waals surface area contributed by atoms with Crippen LogP contribution in [0.2, 0.25) is 5.02 Å². The van der Waals surface area contributed by atoms with Crippen molar-refractivity contribution in [2.75, 3.05) is 19.0 Å². The molecule has 0 aliphatic carbocycles. The zero-order chi connectivity index (χ0) is 20.6. The molecule has 2 amide bonds. The van der Waals surface area contributed by atoms with Gasteiger partial charge in [0, 0.05) is 10.6 Å². The van der Waals surface area contributed by atoms with Crippen molar-refractivity contribution in [3.63, 3.8) is 0 Å². The molecule has 148 valence electrons. The second-order valence-electron chi connectivity index (χ2n) is 6.01. The number of methoxy groups -OCH3 is 1. The van der Waals surface area contributed by atoms with E-state index in [4.69, 9.17) is 21.1 Å². The Morgan fingerprint density at radius 2 is 1.62 bits per heavy atom. The van der Waals surface area contributed by atoms with Gasteiger partial charge in [0.15, 0.2) is 0 Å². The Hall–Kier alpha value is -3.51. The van der Waals surface area contributed by atoms with Gasteiger partial charge in [-0.05, 0) is 54.6 Å². The summed E-state index contributed by atoms with van der Waals surface area (Å²) < 4.78 is 10.9. The van der Waals surface area contributed by atoms with E-state index >= 15 is 0 Å². The number of amides is 2. The van der Waals surface area contributed by atoms with Gasteiger partial charge in [0.25, 0.3) is 5.91 Å².